The van der Waals surface area contributed by atoms with Crippen molar-refractivity contribution in [2.24, 2.45) is 16.7 Å². The molecule has 2 atom stereocenters. The molecule has 1 aliphatic carbocycles. The zero-order chi connectivity index (χ0) is 25.7. The van der Waals surface area contributed by atoms with Crippen molar-refractivity contribution in [3.8, 4) is 0 Å². The minimum atomic E-state index is -0.0356. The molecule has 5 rings (SSSR count). The number of nitrogens with zero attached hydrogens (tertiary/aromatic N) is 4. The van der Waals surface area contributed by atoms with Crippen LogP contribution in [-0.4, -0.2) is 69.3 Å². The fourth-order valence-corrected chi connectivity index (χ4v) is 7.14. The van der Waals surface area contributed by atoms with E-state index in [0.29, 0.717) is 50.6 Å². The third-order valence-corrected chi connectivity index (χ3v) is 8.51. The summed E-state index contributed by atoms with van der Waals surface area (Å²) in [6.45, 7) is 11.8. The van der Waals surface area contributed by atoms with E-state index in [9.17, 15) is 14.4 Å². The van der Waals surface area contributed by atoms with Crippen LogP contribution < -0.4 is 5.32 Å². The molecular formula is C28H39N5O3. The van der Waals surface area contributed by atoms with Crippen LogP contribution in [0.1, 0.15) is 70.2 Å². The molecule has 2 bridgehead atoms. The van der Waals surface area contributed by atoms with Crippen LogP contribution in [0.4, 0.5) is 0 Å². The first-order valence-electron chi connectivity index (χ1n) is 13.3. The molecule has 36 heavy (non-hydrogen) atoms. The first kappa shape index (κ1) is 24.8. The normalized spacial score (nSPS) is 25.8. The Morgan fingerprint density at radius 2 is 1.86 bits per heavy atom. The Morgan fingerprint density at radius 3 is 2.58 bits per heavy atom. The summed E-state index contributed by atoms with van der Waals surface area (Å²) in [6, 6.07) is 6.12. The lowest BCUT2D eigenvalue weighted by Gasteiger charge is -2.39. The van der Waals surface area contributed by atoms with Crippen molar-refractivity contribution in [2.75, 3.05) is 26.2 Å². The summed E-state index contributed by atoms with van der Waals surface area (Å²) in [5, 5.41) is 3.05. The number of amides is 3. The third kappa shape index (κ3) is 4.87. The van der Waals surface area contributed by atoms with Gasteiger partial charge >= 0.3 is 0 Å². The summed E-state index contributed by atoms with van der Waals surface area (Å²) in [6.07, 6.45) is 6.53. The molecule has 194 valence electrons. The van der Waals surface area contributed by atoms with Gasteiger partial charge in [-0.05, 0) is 61.1 Å². The van der Waals surface area contributed by atoms with E-state index in [1.807, 2.05) is 22.8 Å². The average Bonchev–Trinajstić information content (AvgIpc) is 3.34. The third-order valence-electron chi connectivity index (χ3n) is 8.51. The van der Waals surface area contributed by atoms with Gasteiger partial charge in [-0.1, -0.05) is 20.8 Å². The number of piperidine rings is 1. The number of likely N-dealkylation sites (tertiary alicyclic amines) is 2. The zero-order valence-electron chi connectivity index (χ0n) is 22.0. The van der Waals surface area contributed by atoms with Gasteiger partial charge in [-0.15, -0.1) is 0 Å². The second kappa shape index (κ2) is 9.20. The number of fused-ring (bicyclic) bond motifs is 3. The first-order valence-corrected chi connectivity index (χ1v) is 13.3. The first-order chi connectivity index (χ1) is 17.0. The molecule has 3 heterocycles. The van der Waals surface area contributed by atoms with Crippen molar-refractivity contribution in [1.29, 1.82) is 0 Å². The van der Waals surface area contributed by atoms with E-state index >= 15 is 0 Å². The Balaban J connectivity index is 1.18. The molecule has 3 fully saturated rings. The summed E-state index contributed by atoms with van der Waals surface area (Å²) in [5.74, 6) is 0.211. The molecule has 1 saturated carbocycles. The lowest BCUT2D eigenvalue weighted by atomic mass is 9.65. The van der Waals surface area contributed by atoms with Crippen LogP contribution in [0.3, 0.4) is 0 Å². The van der Waals surface area contributed by atoms with Crippen LogP contribution in [0.2, 0.25) is 0 Å². The van der Waals surface area contributed by atoms with E-state index in [0.717, 1.165) is 36.8 Å². The van der Waals surface area contributed by atoms with E-state index in [1.54, 1.807) is 18.2 Å². The minimum absolute atomic E-state index is 0.0356. The maximum atomic E-state index is 13.5. The van der Waals surface area contributed by atoms with Gasteiger partial charge in [0.2, 0.25) is 11.8 Å². The molecule has 0 spiro atoms. The molecule has 0 unspecified atom stereocenters. The van der Waals surface area contributed by atoms with Crippen molar-refractivity contribution in [2.45, 2.75) is 72.4 Å². The molecule has 1 aromatic heterocycles. The highest BCUT2D eigenvalue weighted by atomic mass is 16.2. The number of hydrogen-bond donors (Lipinski definition) is 1. The van der Waals surface area contributed by atoms with Crippen molar-refractivity contribution in [1.82, 2.24) is 24.7 Å². The van der Waals surface area contributed by atoms with Crippen LogP contribution in [0.5, 0.6) is 0 Å². The minimum Gasteiger partial charge on any atom is -0.354 e. The molecule has 1 N–H and O–H groups in total. The van der Waals surface area contributed by atoms with Crippen molar-refractivity contribution < 1.29 is 14.4 Å². The molecule has 8 nitrogen and oxygen atoms in total. The second-order valence-electron chi connectivity index (χ2n) is 12.4. The highest BCUT2D eigenvalue weighted by Gasteiger charge is 2.51. The van der Waals surface area contributed by atoms with Crippen LogP contribution in [0.25, 0.3) is 11.0 Å². The molecule has 2 saturated heterocycles. The number of imidazole rings is 1. The molecule has 3 amide bonds. The van der Waals surface area contributed by atoms with E-state index < -0.39 is 0 Å². The maximum Gasteiger partial charge on any atom is 0.254 e. The van der Waals surface area contributed by atoms with Gasteiger partial charge in [-0.3, -0.25) is 14.4 Å². The molecule has 8 heteroatoms. The van der Waals surface area contributed by atoms with Gasteiger partial charge in [-0.25, -0.2) is 4.98 Å². The molecule has 2 aromatic rings. The summed E-state index contributed by atoms with van der Waals surface area (Å²) < 4.78 is 2.02. The van der Waals surface area contributed by atoms with Gasteiger partial charge in [0.15, 0.2) is 0 Å². The SMILES string of the molecule is CC(=O)N1CCC(C(=O)NCCn2cnc3cc(C(=O)N4C[C@@]5(C)C[C@@H]4CC(C)(C)C5)ccc32)CC1. The summed E-state index contributed by atoms with van der Waals surface area (Å²) in [4.78, 5) is 46.0. The second-order valence-corrected chi connectivity index (χ2v) is 12.4. The Kier molecular flexibility index (Phi) is 6.33. The monoisotopic (exact) mass is 493 g/mol. The number of carbonyl (C=O) groups excluding carboxylic acids is 3. The van der Waals surface area contributed by atoms with Gasteiger partial charge in [0.25, 0.3) is 5.91 Å². The highest BCUT2D eigenvalue weighted by molar-refractivity contribution is 5.97. The fourth-order valence-electron chi connectivity index (χ4n) is 7.14. The fraction of sp³-hybridized carbons (Fsp3) is 0.643. The van der Waals surface area contributed by atoms with Gasteiger partial charge in [0, 0.05) is 57.2 Å². The van der Waals surface area contributed by atoms with Crippen molar-refractivity contribution in [3.63, 3.8) is 0 Å². The molecule has 1 aromatic carbocycles. The Morgan fingerprint density at radius 1 is 1.11 bits per heavy atom. The largest absolute Gasteiger partial charge is 0.354 e. The number of benzene rings is 1. The van der Waals surface area contributed by atoms with Gasteiger partial charge in [-0.2, -0.15) is 0 Å². The average molecular weight is 494 g/mol. The van der Waals surface area contributed by atoms with Crippen molar-refractivity contribution >= 4 is 28.8 Å². The van der Waals surface area contributed by atoms with Crippen LogP contribution in [-0.2, 0) is 16.1 Å². The van der Waals surface area contributed by atoms with E-state index in [2.05, 4.69) is 36.0 Å². The number of carbonyl (C=O) groups is 3. The number of aromatic nitrogens is 2. The van der Waals surface area contributed by atoms with Gasteiger partial charge < -0.3 is 19.7 Å². The number of rotatable bonds is 5. The van der Waals surface area contributed by atoms with Crippen LogP contribution in [0.15, 0.2) is 24.5 Å². The van der Waals surface area contributed by atoms with E-state index in [-0.39, 0.29) is 34.5 Å². The highest BCUT2D eigenvalue weighted by Crippen LogP contribution is 2.52. The molecule has 3 aliphatic rings. The topological polar surface area (TPSA) is 87.5 Å². The summed E-state index contributed by atoms with van der Waals surface area (Å²) in [5.41, 5.74) is 2.95. The maximum absolute atomic E-state index is 13.5. The van der Waals surface area contributed by atoms with Gasteiger partial charge in [0.05, 0.1) is 17.4 Å². The Labute approximate surface area is 213 Å². The molecule has 0 radical (unpaired) electrons. The van der Waals surface area contributed by atoms with E-state index in [1.165, 1.54) is 0 Å². The van der Waals surface area contributed by atoms with Crippen molar-refractivity contribution in [3.05, 3.63) is 30.1 Å². The Hall–Kier alpha value is -2.90. The lowest BCUT2D eigenvalue weighted by molar-refractivity contribution is -0.133. The standard InChI is InChI=1S/C28H39N5O3/c1-19(34)31-10-7-20(8-11-31)25(35)29-9-12-32-18-30-23-13-21(5-6-24(23)32)26(36)33-17-28(4)15-22(33)14-27(2,3)16-28/h5-6,13,18,20,22H,7-12,14-17H2,1-4H3,(H,29,35)/t22-,28-/m0/s1. The van der Waals surface area contributed by atoms with Crippen LogP contribution >= 0.6 is 0 Å². The Bertz CT molecular complexity index is 1180. The van der Waals surface area contributed by atoms with E-state index in [4.69, 9.17) is 0 Å². The zero-order valence-corrected chi connectivity index (χ0v) is 22.0. The van der Waals surface area contributed by atoms with Gasteiger partial charge in [0.1, 0.15) is 0 Å². The molecule has 2 aliphatic heterocycles. The summed E-state index contributed by atoms with van der Waals surface area (Å²) in [7, 11) is 0. The van der Waals surface area contributed by atoms with Crippen LogP contribution in [0, 0.1) is 16.7 Å². The number of hydrogen-bond acceptors (Lipinski definition) is 4. The molecular weight excluding hydrogens is 454 g/mol. The predicted molar refractivity (Wildman–Crippen MR) is 138 cm³/mol. The predicted octanol–water partition coefficient (Wildman–Crippen LogP) is 3.45. The lowest BCUT2D eigenvalue weighted by Crippen LogP contribution is -2.42. The quantitative estimate of drug-likeness (QED) is 0.691. The smallest absolute Gasteiger partial charge is 0.254 e. The number of nitrogens with one attached hydrogen (secondary N) is 1. The summed E-state index contributed by atoms with van der Waals surface area (Å²) >= 11 is 0.